The van der Waals surface area contributed by atoms with Gasteiger partial charge in [0.05, 0.1) is 6.04 Å². The van der Waals surface area contributed by atoms with E-state index in [1.165, 1.54) is 0 Å². The number of carbonyl (C=O) groups excluding carboxylic acids is 1. The molecular weight excluding hydrogens is 244 g/mol. The van der Waals surface area contributed by atoms with Crippen LogP contribution in [0, 0.1) is 5.92 Å². The minimum Gasteiger partial charge on any atom is -0.480 e. The standard InChI is InChI=1S/C14H24N2O3/c1-2-5-10(15)13(17)16-11-7-4-3-6-9(11)8-12(16)14(18)19/h9-12H,2-8,15H2,1H3,(H,18,19). The van der Waals surface area contributed by atoms with Crippen LogP contribution < -0.4 is 5.73 Å². The molecule has 1 saturated heterocycles. The van der Waals surface area contributed by atoms with Crippen LogP contribution in [0.25, 0.3) is 0 Å². The average Bonchev–Trinajstić information content (AvgIpc) is 2.77. The molecule has 0 spiro atoms. The first-order chi connectivity index (χ1) is 9.06. The average molecular weight is 268 g/mol. The fraction of sp³-hybridized carbons (Fsp3) is 0.857. The van der Waals surface area contributed by atoms with Crippen LogP contribution >= 0.6 is 0 Å². The number of fused-ring (bicyclic) bond motifs is 1. The summed E-state index contributed by atoms with van der Waals surface area (Å²) in [6, 6.07) is -1.11. The molecule has 1 amide bonds. The number of aliphatic carboxylic acids is 1. The maximum atomic E-state index is 12.4. The van der Waals surface area contributed by atoms with Gasteiger partial charge in [0.25, 0.3) is 0 Å². The van der Waals surface area contributed by atoms with Crippen molar-refractivity contribution in [3.63, 3.8) is 0 Å². The Bertz CT molecular complexity index is 359. The second kappa shape index (κ2) is 5.90. The summed E-state index contributed by atoms with van der Waals surface area (Å²) >= 11 is 0. The highest BCUT2D eigenvalue weighted by Gasteiger charge is 2.48. The van der Waals surface area contributed by atoms with E-state index < -0.39 is 18.1 Å². The Morgan fingerprint density at radius 2 is 2.05 bits per heavy atom. The Morgan fingerprint density at radius 1 is 1.37 bits per heavy atom. The lowest BCUT2D eigenvalue weighted by Crippen LogP contribution is -2.52. The zero-order valence-corrected chi connectivity index (χ0v) is 11.5. The van der Waals surface area contributed by atoms with Crippen molar-refractivity contribution in [3.05, 3.63) is 0 Å². The summed E-state index contributed by atoms with van der Waals surface area (Å²) < 4.78 is 0. The molecular formula is C14H24N2O3. The molecule has 4 unspecified atom stereocenters. The van der Waals surface area contributed by atoms with Gasteiger partial charge in [-0.2, -0.15) is 0 Å². The van der Waals surface area contributed by atoms with Crippen LogP contribution in [0.1, 0.15) is 51.9 Å². The third kappa shape index (κ3) is 2.76. The minimum absolute atomic E-state index is 0.102. The molecule has 1 saturated carbocycles. The lowest BCUT2D eigenvalue weighted by molar-refractivity contribution is -0.150. The largest absolute Gasteiger partial charge is 0.480 e. The van der Waals surface area contributed by atoms with Gasteiger partial charge in [0.1, 0.15) is 6.04 Å². The first kappa shape index (κ1) is 14.3. The Balaban J connectivity index is 2.17. The van der Waals surface area contributed by atoms with Gasteiger partial charge >= 0.3 is 5.97 Å². The summed E-state index contributed by atoms with van der Waals surface area (Å²) in [5.41, 5.74) is 5.91. The van der Waals surface area contributed by atoms with Gasteiger partial charge < -0.3 is 15.7 Å². The summed E-state index contributed by atoms with van der Waals surface area (Å²) in [6.07, 6.45) is 6.27. The van der Waals surface area contributed by atoms with E-state index in [-0.39, 0.29) is 11.9 Å². The molecule has 1 heterocycles. The molecule has 2 fully saturated rings. The molecule has 0 bridgehead atoms. The monoisotopic (exact) mass is 268 g/mol. The van der Waals surface area contributed by atoms with Crippen molar-refractivity contribution in [1.29, 1.82) is 0 Å². The van der Waals surface area contributed by atoms with Crippen molar-refractivity contribution in [2.45, 2.75) is 70.0 Å². The van der Waals surface area contributed by atoms with Crippen LogP contribution in [-0.2, 0) is 9.59 Å². The molecule has 1 aliphatic heterocycles. The molecule has 0 aromatic heterocycles. The SMILES string of the molecule is CCCC(N)C(=O)N1C(C(=O)O)CC2CCCCC21. The number of carbonyl (C=O) groups is 2. The van der Waals surface area contributed by atoms with E-state index in [2.05, 4.69) is 0 Å². The Kier molecular flexibility index (Phi) is 4.45. The summed E-state index contributed by atoms with van der Waals surface area (Å²) in [5, 5.41) is 9.36. The number of rotatable bonds is 4. The fourth-order valence-corrected chi connectivity index (χ4v) is 3.62. The quantitative estimate of drug-likeness (QED) is 0.806. The van der Waals surface area contributed by atoms with Crippen LogP contribution in [0.15, 0.2) is 0 Å². The van der Waals surface area contributed by atoms with Gasteiger partial charge in [-0.15, -0.1) is 0 Å². The molecule has 5 nitrogen and oxygen atoms in total. The van der Waals surface area contributed by atoms with Gasteiger partial charge in [0, 0.05) is 6.04 Å². The minimum atomic E-state index is -0.883. The van der Waals surface area contributed by atoms with Crippen molar-refractivity contribution in [1.82, 2.24) is 4.90 Å². The fourth-order valence-electron chi connectivity index (χ4n) is 3.62. The Labute approximate surface area is 114 Å². The number of likely N-dealkylation sites (tertiary alicyclic amines) is 1. The van der Waals surface area contributed by atoms with Crippen LogP contribution in [0.3, 0.4) is 0 Å². The van der Waals surface area contributed by atoms with Crippen molar-refractivity contribution in [2.24, 2.45) is 11.7 Å². The van der Waals surface area contributed by atoms with E-state index in [0.29, 0.717) is 18.8 Å². The number of hydrogen-bond donors (Lipinski definition) is 2. The molecule has 0 aromatic rings. The van der Waals surface area contributed by atoms with E-state index in [0.717, 1.165) is 32.1 Å². The molecule has 2 rings (SSSR count). The topological polar surface area (TPSA) is 83.6 Å². The van der Waals surface area contributed by atoms with Crippen molar-refractivity contribution in [3.8, 4) is 0 Å². The van der Waals surface area contributed by atoms with E-state index in [1.54, 1.807) is 4.90 Å². The predicted molar refractivity (Wildman–Crippen MR) is 71.5 cm³/mol. The third-order valence-corrected chi connectivity index (χ3v) is 4.54. The Morgan fingerprint density at radius 3 is 2.68 bits per heavy atom. The van der Waals surface area contributed by atoms with E-state index in [9.17, 15) is 14.7 Å². The van der Waals surface area contributed by atoms with E-state index in [4.69, 9.17) is 5.73 Å². The number of nitrogens with two attached hydrogens (primary N) is 1. The van der Waals surface area contributed by atoms with Crippen LogP contribution in [-0.4, -0.2) is 40.0 Å². The van der Waals surface area contributed by atoms with Gasteiger partial charge in [-0.3, -0.25) is 4.79 Å². The number of amides is 1. The predicted octanol–water partition coefficient (Wildman–Crippen LogP) is 1.36. The lowest BCUT2D eigenvalue weighted by Gasteiger charge is -2.34. The highest BCUT2D eigenvalue weighted by Crippen LogP contribution is 2.40. The zero-order valence-electron chi connectivity index (χ0n) is 11.5. The summed E-state index contributed by atoms with van der Waals surface area (Å²) in [6.45, 7) is 1.98. The molecule has 4 atom stereocenters. The molecule has 3 N–H and O–H groups in total. The molecule has 5 heteroatoms. The summed E-state index contributed by atoms with van der Waals surface area (Å²) in [7, 11) is 0. The number of carboxylic acid groups (broad SMARTS) is 1. The first-order valence-electron chi connectivity index (χ1n) is 7.36. The zero-order chi connectivity index (χ0) is 14.0. The molecule has 0 aromatic carbocycles. The first-order valence-corrected chi connectivity index (χ1v) is 7.36. The number of nitrogens with zero attached hydrogens (tertiary/aromatic N) is 1. The molecule has 0 radical (unpaired) electrons. The smallest absolute Gasteiger partial charge is 0.326 e. The van der Waals surface area contributed by atoms with Crippen LogP contribution in [0.2, 0.25) is 0 Å². The van der Waals surface area contributed by atoms with Gasteiger partial charge in [0.15, 0.2) is 0 Å². The normalized spacial score (nSPS) is 31.9. The lowest BCUT2D eigenvalue weighted by atomic mass is 9.84. The van der Waals surface area contributed by atoms with Crippen molar-refractivity contribution < 1.29 is 14.7 Å². The molecule has 19 heavy (non-hydrogen) atoms. The maximum Gasteiger partial charge on any atom is 0.326 e. The second-order valence-corrected chi connectivity index (χ2v) is 5.84. The van der Waals surface area contributed by atoms with Gasteiger partial charge in [-0.1, -0.05) is 26.2 Å². The second-order valence-electron chi connectivity index (χ2n) is 5.84. The van der Waals surface area contributed by atoms with E-state index >= 15 is 0 Å². The van der Waals surface area contributed by atoms with Gasteiger partial charge in [0.2, 0.25) is 5.91 Å². The van der Waals surface area contributed by atoms with Gasteiger partial charge in [-0.25, -0.2) is 4.79 Å². The summed E-state index contributed by atoms with van der Waals surface area (Å²) in [5.74, 6) is -0.692. The Hall–Kier alpha value is -1.10. The highest BCUT2D eigenvalue weighted by atomic mass is 16.4. The van der Waals surface area contributed by atoms with Gasteiger partial charge in [-0.05, 0) is 31.6 Å². The molecule has 2 aliphatic rings. The number of carboxylic acids is 1. The van der Waals surface area contributed by atoms with E-state index in [1.807, 2.05) is 6.92 Å². The van der Waals surface area contributed by atoms with Crippen LogP contribution in [0.5, 0.6) is 0 Å². The van der Waals surface area contributed by atoms with Crippen molar-refractivity contribution in [2.75, 3.05) is 0 Å². The third-order valence-electron chi connectivity index (χ3n) is 4.54. The number of hydrogen-bond acceptors (Lipinski definition) is 3. The molecule has 108 valence electrons. The summed E-state index contributed by atoms with van der Waals surface area (Å²) in [4.78, 5) is 25.5. The van der Waals surface area contributed by atoms with Crippen molar-refractivity contribution >= 4 is 11.9 Å². The maximum absolute atomic E-state index is 12.4. The van der Waals surface area contributed by atoms with Crippen LogP contribution in [0.4, 0.5) is 0 Å². The molecule has 1 aliphatic carbocycles. The highest BCUT2D eigenvalue weighted by molar-refractivity contribution is 5.87.